The molecule has 0 aliphatic heterocycles. The number of halogens is 2. The Hall–Kier alpha value is 1.04. The molecule has 0 spiro atoms. The van der Waals surface area contributed by atoms with Gasteiger partial charge in [0.25, 0.3) is 0 Å². The molecule has 0 aliphatic rings. The summed E-state index contributed by atoms with van der Waals surface area (Å²) in [4.78, 5) is 0. The van der Waals surface area contributed by atoms with Crippen molar-refractivity contribution in [3.8, 4) is 0 Å². The second kappa shape index (κ2) is 19.6. The summed E-state index contributed by atoms with van der Waals surface area (Å²) in [7, 11) is 0. The van der Waals surface area contributed by atoms with Crippen molar-refractivity contribution in [1.82, 2.24) is 0 Å². The van der Waals surface area contributed by atoms with E-state index in [9.17, 15) is 0 Å². The fourth-order valence-corrected chi connectivity index (χ4v) is 1.28. The average molecular weight is 284 g/mol. The Bertz CT molecular complexity index is 81.0. The van der Waals surface area contributed by atoms with Crippen molar-refractivity contribution in [1.29, 1.82) is 0 Å². The molecule has 0 bridgehead atoms. The summed E-state index contributed by atoms with van der Waals surface area (Å²) in [5.74, 6) is 0. The molecule has 14 heavy (non-hydrogen) atoms. The molecule has 0 saturated heterocycles. The molecular formula is C8H18Cl2O3V. The molecule has 0 radical (unpaired) electrons. The van der Waals surface area contributed by atoms with Gasteiger partial charge < -0.3 is 0 Å². The second-order valence-corrected chi connectivity index (χ2v) is 4.01. The molecular weight excluding hydrogens is 266 g/mol. The van der Waals surface area contributed by atoms with E-state index in [0.29, 0.717) is 0 Å². The summed E-state index contributed by atoms with van der Waals surface area (Å²) in [5, 5.41) is 0. The van der Waals surface area contributed by atoms with Gasteiger partial charge in [-0.2, -0.15) is 3.84 Å². The van der Waals surface area contributed by atoms with Crippen LogP contribution >= 0.6 is 23.7 Å². The van der Waals surface area contributed by atoms with E-state index in [1.54, 1.807) is 0 Å². The molecule has 0 heterocycles. The molecule has 0 aromatic carbocycles. The van der Waals surface area contributed by atoms with Crippen molar-refractivity contribution in [3.63, 3.8) is 0 Å². The molecule has 0 N–H and O–H groups in total. The maximum atomic E-state index is 5.29. The molecule has 0 aliphatic carbocycles. The standard InChI is InChI=1S/2C4H9O.Cl2O.V/c2*1-2-3-4-5;1-3-2;/h2*2-4H2,1H3;;/q2*-1;;+2. The zero-order valence-corrected chi connectivity index (χ0v) is 11.6. The van der Waals surface area contributed by atoms with Crippen LogP contribution in [0.2, 0.25) is 0 Å². The first-order valence-electron chi connectivity index (χ1n) is 4.67. The first kappa shape index (κ1) is 17.4. The third-order valence-electron chi connectivity index (χ3n) is 1.28. The van der Waals surface area contributed by atoms with Gasteiger partial charge in [-0.15, -0.1) is 0 Å². The van der Waals surface area contributed by atoms with Gasteiger partial charge in [0.05, 0.1) is 23.7 Å². The van der Waals surface area contributed by atoms with E-state index in [1.807, 2.05) is 0 Å². The molecule has 6 heteroatoms. The van der Waals surface area contributed by atoms with Crippen LogP contribution in [0.4, 0.5) is 0 Å². The molecule has 0 unspecified atom stereocenters. The van der Waals surface area contributed by atoms with Crippen LogP contribution in [0.5, 0.6) is 0 Å². The number of hydrogen-bond acceptors (Lipinski definition) is 3. The first-order chi connectivity index (χ1) is 6.83. The minimum atomic E-state index is -0.271. The van der Waals surface area contributed by atoms with Crippen LogP contribution in [0.1, 0.15) is 39.5 Å². The Morgan fingerprint density at radius 2 is 1.29 bits per heavy atom. The van der Waals surface area contributed by atoms with E-state index >= 15 is 0 Å². The zero-order valence-electron chi connectivity index (χ0n) is 8.67. The van der Waals surface area contributed by atoms with Crippen LogP contribution in [-0.4, -0.2) is 13.2 Å². The van der Waals surface area contributed by atoms with Crippen molar-refractivity contribution >= 4 is 23.7 Å². The topological polar surface area (TPSA) is 27.7 Å². The first-order valence-corrected chi connectivity index (χ1v) is 6.42. The predicted molar refractivity (Wildman–Crippen MR) is 54.5 cm³/mol. The molecule has 3 nitrogen and oxygen atoms in total. The van der Waals surface area contributed by atoms with Crippen molar-refractivity contribution in [2.75, 3.05) is 13.2 Å². The van der Waals surface area contributed by atoms with Crippen LogP contribution in [0.25, 0.3) is 0 Å². The normalized spacial score (nSPS) is 9.14. The molecule has 0 aromatic heterocycles. The van der Waals surface area contributed by atoms with Gasteiger partial charge >= 0.3 is 77.1 Å². The molecule has 0 fully saturated rings. The van der Waals surface area contributed by atoms with Gasteiger partial charge in [0.2, 0.25) is 0 Å². The second-order valence-electron chi connectivity index (χ2n) is 2.51. The molecule has 0 aromatic rings. The van der Waals surface area contributed by atoms with Crippen LogP contribution in [0, 0.1) is 0 Å². The van der Waals surface area contributed by atoms with Crippen molar-refractivity contribution in [2.24, 2.45) is 0 Å². The largest absolute Gasteiger partial charge is 0.166 e. The van der Waals surface area contributed by atoms with Gasteiger partial charge in [-0.3, -0.25) is 0 Å². The summed E-state index contributed by atoms with van der Waals surface area (Å²) in [6.07, 6.45) is 4.73. The maximum Gasteiger partial charge on any atom is 0.0832 e. The van der Waals surface area contributed by atoms with E-state index in [0.717, 1.165) is 26.1 Å². The third kappa shape index (κ3) is 23.1. The van der Waals surface area contributed by atoms with Crippen molar-refractivity contribution in [2.45, 2.75) is 39.5 Å². The van der Waals surface area contributed by atoms with E-state index in [4.69, 9.17) is 7.32 Å². The van der Waals surface area contributed by atoms with Gasteiger partial charge in [-0.25, -0.2) is 0 Å². The van der Waals surface area contributed by atoms with Crippen LogP contribution in [0.3, 0.4) is 0 Å². The summed E-state index contributed by atoms with van der Waals surface area (Å²) < 4.78 is 13.8. The summed E-state index contributed by atoms with van der Waals surface area (Å²) in [6.45, 7) is 6.08. The number of rotatable bonds is 8. The quantitative estimate of drug-likeness (QED) is 0.634. The fourth-order valence-electron chi connectivity index (χ4n) is 0.530. The monoisotopic (exact) mass is 283 g/mol. The summed E-state index contributed by atoms with van der Waals surface area (Å²) in [6, 6.07) is 0. The summed E-state index contributed by atoms with van der Waals surface area (Å²) >= 11 is 8.26. The minimum absolute atomic E-state index is 0.271. The van der Waals surface area contributed by atoms with Gasteiger partial charge in [0.15, 0.2) is 0 Å². The number of unbranched alkanes of at least 4 members (excludes halogenated alkanes) is 2. The van der Waals surface area contributed by atoms with E-state index < -0.39 is 0 Å². The Morgan fingerprint density at radius 3 is 1.57 bits per heavy atom. The van der Waals surface area contributed by atoms with Crippen molar-refractivity contribution < 1.29 is 28.2 Å². The fraction of sp³-hybridized carbons (Fsp3) is 1.00. The van der Waals surface area contributed by atoms with E-state index in [2.05, 4.69) is 41.4 Å². The van der Waals surface area contributed by atoms with Crippen molar-refractivity contribution in [3.05, 3.63) is 0 Å². The Kier molecular flexibility index (Phi) is 24.4. The maximum absolute atomic E-state index is 5.29. The molecule has 0 saturated carbocycles. The molecule has 0 amide bonds. The van der Waals surface area contributed by atoms with Crippen LogP contribution in [0.15, 0.2) is 0 Å². The SMILES string of the molecule is CCCC[O][V][O]CCCC.ClOCl. The van der Waals surface area contributed by atoms with Gasteiger partial charge in [0, 0.05) is 0 Å². The molecule has 0 atom stereocenters. The van der Waals surface area contributed by atoms with Gasteiger partial charge in [0.1, 0.15) is 0 Å². The Balaban J connectivity index is 0. The Morgan fingerprint density at radius 1 is 0.929 bits per heavy atom. The molecule has 87 valence electrons. The average Bonchev–Trinajstić information content (AvgIpc) is 2.18. The number of hydrogen-bond donors (Lipinski definition) is 0. The van der Waals surface area contributed by atoms with Crippen LogP contribution < -0.4 is 0 Å². The van der Waals surface area contributed by atoms with E-state index in [1.165, 1.54) is 12.8 Å². The van der Waals surface area contributed by atoms with Crippen LogP contribution in [-0.2, 0) is 28.2 Å². The smallest absolute Gasteiger partial charge is 0.0832 e. The Labute approximate surface area is 105 Å². The summed E-state index contributed by atoms with van der Waals surface area (Å²) in [5.41, 5.74) is 0. The predicted octanol–water partition coefficient (Wildman–Crippen LogP) is 3.84. The molecule has 0 rings (SSSR count). The van der Waals surface area contributed by atoms with Gasteiger partial charge in [-0.1, -0.05) is 0 Å². The van der Waals surface area contributed by atoms with E-state index in [-0.39, 0.29) is 17.0 Å². The zero-order chi connectivity index (χ0) is 11.1. The third-order valence-corrected chi connectivity index (χ3v) is 2.18. The minimum Gasteiger partial charge on any atom is -0.166 e. The van der Waals surface area contributed by atoms with Gasteiger partial charge in [-0.05, 0) is 0 Å².